The van der Waals surface area contributed by atoms with Crippen molar-refractivity contribution in [1.82, 2.24) is 10.3 Å². The van der Waals surface area contributed by atoms with Crippen LogP contribution in [-0.4, -0.2) is 37.2 Å². The van der Waals surface area contributed by atoms with E-state index >= 15 is 0 Å². The monoisotopic (exact) mass is 413 g/mol. The number of aromatic nitrogens is 1. The summed E-state index contributed by atoms with van der Waals surface area (Å²) in [4.78, 5) is 39.2. The fraction of sp³-hybridized carbons (Fsp3) is 0.435. The van der Waals surface area contributed by atoms with E-state index < -0.39 is 0 Å². The van der Waals surface area contributed by atoms with Crippen molar-refractivity contribution in [3.63, 3.8) is 0 Å². The molecule has 2 rings (SSSR count). The Hall–Kier alpha value is -2.93. The predicted molar refractivity (Wildman–Crippen MR) is 117 cm³/mol. The number of pyridine rings is 1. The molecule has 0 aliphatic rings. The number of carbonyl (C=O) groups is 2. The molecule has 0 fully saturated rings. The van der Waals surface area contributed by atoms with Crippen LogP contribution in [0.1, 0.15) is 45.1 Å². The average molecular weight is 414 g/mol. The molecule has 0 aliphatic carbocycles. The number of rotatable bonds is 11. The summed E-state index contributed by atoms with van der Waals surface area (Å²) >= 11 is 0. The van der Waals surface area contributed by atoms with Crippen LogP contribution < -0.4 is 10.2 Å². The SMILES string of the molecule is CCCCCNC(=O)N(C)c1cccc(-c2ccc(CCC(=O)OOCC)cc2)n1. The van der Waals surface area contributed by atoms with E-state index in [4.69, 9.17) is 0 Å². The van der Waals surface area contributed by atoms with Crippen LogP contribution in [0.25, 0.3) is 11.3 Å². The number of nitrogens with zero attached hydrogens (tertiary/aromatic N) is 2. The van der Waals surface area contributed by atoms with Crippen molar-refractivity contribution in [3.8, 4) is 11.3 Å². The largest absolute Gasteiger partial charge is 0.342 e. The van der Waals surface area contributed by atoms with Crippen LogP contribution in [0, 0.1) is 0 Å². The molecular formula is C23H31N3O4. The molecule has 1 N–H and O–H groups in total. The first-order chi connectivity index (χ1) is 14.5. The Morgan fingerprint density at radius 2 is 1.83 bits per heavy atom. The first kappa shape index (κ1) is 23.3. The van der Waals surface area contributed by atoms with Gasteiger partial charge in [0.15, 0.2) is 0 Å². The van der Waals surface area contributed by atoms with Gasteiger partial charge in [0.25, 0.3) is 0 Å². The zero-order chi connectivity index (χ0) is 21.8. The maximum absolute atomic E-state index is 12.3. The van der Waals surface area contributed by atoms with Crippen molar-refractivity contribution in [3.05, 3.63) is 48.0 Å². The molecule has 7 nitrogen and oxygen atoms in total. The Bertz CT molecular complexity index is 808. The summed E-state index contributed by atoms with van der Waals surface area (Å²) in [6, 6.07) is 13.3. The van der Waals surface area contributed by atoms with Crippen LogP contribution >= 0.6 is 0 Å². The fourth-order valence-electron chi connectivity index (χ4n) is 2.82. The van der Waals surface area contributed by atoms with Gasteiger partial charge in [-0.25, -0.2) is 14.6 Å². The third-order valence-corrected chi connectivity index (χ3v) is 4.58. The molecule has 0 atom stereocenters. The number of nitrogens with one attached hydrogen (secondary N) is 1. The number of unbranched alkanes of at least 4 members (excludes halogenated alkanes) is 2. The van der Waals surface area contributed by atoms with Gasteiger partial charge in [-0.1, -0.05) is 50.1 Å². The van der Waals surface area contributed by atoms with Crippen LogP contribution in [0.4, 0.5) is 10.6 Å². The molecule has 7 heteroatoms. The Morgan fingerprint density at radius 3 is 2.53 bits per heavy atom. The second-order valence-corrected chi connectivity index (χ2v) is 6.94. The van der Waals surface area contributed by atoms with Crippen LogP contribution in [-0.2, 0) is 21.0 Å². The normalized spacial score (nSPS) is 10.5. The van der Waals surface area contributed by atoms with Crippen molar-refractivity contribution >= 4 is 17.8 Å². The summed E-state index contributed by atoms with van der Waals surface area (Å²) in [6.45, 7) is 4.89. The number of aryl methyl sites for hydroxylation is 1. The van der Waals surface area contributed by atoms with E-state index in [-0.39, 0.29) is 18.4 Å². The topological polar surface area (TPSA) is 80.8 Å². The lowest BCUT2D eigenvalue weighted by Crippen LogP contribution is -2.38. The van der Waals surface area contributed by atoms with Crippen molar-refractivity contribution in [2.24, 2.45) is 0 Å². The summed E-state index contributed by atoms with van der Waals surface area (Å²) < 4.78 is 0. The number of carbonyl (C=O) groups excluding carboxylic acids is 2. The summed E-state index contributed by atoms with van der Waals surface area (Å²) in [5.41, 5.74) is 2.74. The number of hydrogen-bond acceptors (Lipinski definition) is 5. The third kappa shape index (κ3) is 7.48. The number of urea groups is 1. The third-order valence-electron chi connectivity index (χ3n) is 4.58. The van der Waals surface area contributed by atoms with E-state index in [1.165, 1.54) is 4.90 Å². The minimum absolute atomic E-state index is 0.162. The lowest BCUT2D eigenvalue weighted by Gasteiger charge is -2.18. The summed E-state index contributed by atoms with van der Waals surface area (Å²) in [5.74, 6) is 0.203. The van der Waals surface area contributed by atoms with Crippen molar-refractivity contribution in [2.45, 2.75) is 46.0 Å². The molecule has 0 bridgehead atoms. The van der Waals surface area contributed by atoms with E-state index in [9.17, 15) is 9.59 Å². The van der Waals surface area contributed by atoms with Gasteiger partial charge in [0.2, 0.25) is 0 Å². The Kier molecular flexibility index (Phi) is 9.80. The van der Waals surface area contributed by atoms with Crippen molar-refractivity contribution < 1.29 is 19.4 Å². The Balaban J connectivity index is 1.96. The molecule has 0 unspecified atom stereocenters. The quantitative estimate of drug-likeness (QED) is 0.333. The summed E-state index contributed by atoms with van der Waals surface area (Å²) in [5, 5.41) is 2.92. The predicted octanol–water partition coefficient (Wildman–Crippen LogP) is 4.51. The van der Waals surface area contributed by atoms with E-state index in [0.29, 0.717) is 25.4 Å². The van der Waals surface area contributed by atoms with Gasteiger partial charge in [-0.05, 0) is 37.5 Å². The zero-order valence-electron chi connectivity index (χ0n) is 18.0. The van der Waals surface area contributed by atoms with E-state index in [2.05, 4.69) is 27.0 Å². The van der Waals surface area contributed by atoms with Crippen molar-refractivity contribution in [1.29, 1.82) is 0 Å². The number of amides is 2. The highest BCUT2D eigenvalue weighted by molar-refractivity contribution is 5.90. The van der Waals surface area contributed by atoms with Crippen LogP contribution in [0.15, 0.2) is 42.5 Å². The Morgan fingerprint density at radius 1 is 1.07 bits per heavy atom. The van der Waals surface area contributed by atoms with Gasteiger partial charge in [0, 0.05) is 19.2 Å². The highest BCUT2D eigenvalue weighted by Gasteiger charge is 2.12. The molecule has 2 aromatic rings. The highest BCUT2D eigenvalue weighted by Crippen LogP contribution is 2.21. The maximum Gasteiger partial charge on any atom is 0.342 e. The lowest BCUT2D eigenvalue weighted by molar-refractivity contribution is -0.269. The first-order valence-electron chi connectivity index (χ1n) is 10.4. The van der Waals surface area contributed by atoms with Gasteiger partial charge in [0.1, 0.15) is 5.82 Å². The molecule has 0 saturated carbocycles. The number of hydrogen-bond donors (Lipinski definition) is 1. The number of benzene rings is 1. The van der Waals surface area contributed by atoms with Gasteiger partial charge in [-0.2, -0.15) is 4.89 Å². The van der Waals surface area contributed by atoms with Gasteiger partial charge < -0.3 is 5.32 Å². The van der Waals surface area contributed by atoms with E-state index in [1.807, 2.05) is 42.5 Å². The molecule has 162 valence electrons. The molecule has 1 aromatic heterocycles. The lowest BCUT2D eigenvalue weighted by atomic mass is 10.1. The molecule has 0 saturated heterocycles. The van der Waals surface area contributed by atoms with Crippen LogP contribution in [0.2, 0.25) is 0 Å². The minimum atomic E-state index is -0.383. The van der Waals surface area contributed by atoms with Crippen LogP contribution in [0.3, 0.4) is 0 Å². The molecule has 0 radical (unpaired) electrons. The highest BCUT2D eigenvalue weighted by atomic mass is 17.2. The second-order valence-electron chi connectivity index (χ2n) is 6.94. The van der Waals surface area contributed by atoms with Gasteiger partial charge in [-0.15, -0.1) is 0 Å². The minimum Gasteiger partial charge on any atom is -0.338 e. The first-order valence-corrected chi connectivity index (χ1v) is 10.4. The molecule has 0 spiro atoms. The smallest absolute Gasteiger partial charge is 0.338 e. The molecule has 1 heterocycles. The van der Waals surface area contributed by atoms with E-state index in [1.54, 1.807) is 14.0 Å². The van der Waals surface area contributed by atoms with Gasteiger partial charge in [0.05, 0.1) is 18.7 Å². The maximum atomic E-state index is 12.3. The van der Waals surface area contributed by atoms with Crippen LogP contribution in [0.5, 0.6) is 0 Å². The molecule has 0 aliphatic heterocycles. The summed E-state index contributed by atoms with van der Waals surface area (Å²) in [6.07, 6.45) is 4.01. The molecule has 2 amide bonds. The standard InChI is InChI=1S/C23H31N3O4/c1-4-6-7-17-24-23(28)26(3)21-10-8-9-20(25-21)19-14-11-18(12-15-19)13-16-22(27)30-29-5-2/h8-12,14-15H,4-7,13,16-17H2,1-3H3,(H,24,28). The zero-order valence-corrected chi connectivity index (χ0v) is 18.0. The Labute approximate surface area is 178 Å². The fourth-order valence-corrected chi connectivity index (χ4v) is 2.82. The van der Waals surface area contributed by atoms with Gasteiger partial charge in [-0.3, -0.25) is 9.79 Å². The summed E-state index contributed by atoms with van der Waals surface area (Å²) in [7, 11) is 1.71. The molecule has 30 heavy (non-hydrogen) atoms. The molecular weight excluding hydrogens is 382 g/mol. The number of anilines is 1. The second kappa shape index (κ2) is 12.6. The average Bonchev–Trinajstić information content (AvgIpc) is 2.79. The molecule has 1 aromatic carbocycles. The van der Waals surface area contributed by atoms with Crippen molar-refractivity contribution in [2.75, 3.05) is 25.1 Å². The van der Waals surface area contributed by atoms with Gasteiger partial charge >= 0.3 is 12.0 Å². The van der Waals surface area contributed by atoms with E-state index in [0.717, 1.165) is 36.1 Å².